The summed E-state index contributed by atoms with van der Waals surface area (Å²) in [4.78, 5) is 30.2. The maximum atomic E-state index is 13.0. The van der Waals surface area contributed by atoms with Gasteiger partial charge in [0.05, 0.1) is 11.3 Å². The fraction of sp³-hybridized carbons (Fsp3) is 0.167. The highest BCUT2D eigenvalue weighted by Gasteiger charge is 2.25. The molecule has 29 heavy (non-hydrogen) atoms. The molecule has 0 unspecified atom stereocenters. The van der Waals surface area contributed by atoms with Crippen LogP contribution in [-0.4, -0.2) is 31.2 Å². The van der Waals surface area contributed by atoms with Crippen molar-refractivity contribution >= 4 is 35.0 Å². The van der Waals surface area contributed by atoms with Crippen LogP contribution < -0.4 is 9.80 Å². The SMILES string of the molecule is CN(C(=O)c1ccccc1SCC(=O)N1CCc2ccccc21)c1ccccc1. The van der Waals surface area contributed by atoms with Crippen LogP contribution in [0, 0.1) is 0 Å². The Hall–Kier alpha value is -3.05. The van der Waals surface area contributed by atoms with Crippen molar-refractivity contribution in [2.75, 3.05) is 29.1 Å². The summed E-state index contributed by atoms with van der Waals surface area (Å²) in [6.45, 7) is 0.718. The van der Waals surface area contributed by atoms with Crippen LogP contribution in [0.3, 0.4) is 0 Å². The lowest BCUT2D eigenvalue weighted by atomic mass is 10.2. The van der Waals surface area contributed by atoms with E-state index in [9.17, 15) is 9.59 Å². The molecule has 0 aliphatic carbocycles. The standard InChI is InChI=1S/C24H22N2O2S/c1-25(19-10-3-2-4-11-19)24(28)20-12-6-8-14-22(20)29-17-23(27)26-16-15-18-9-5-7-13-21(18)26/h2-14H,15-17H2,1H3. The minimum Gasteiger partial charge on any atom is -0.311 e. The molecule has 0 atom stereocenters. The smallest absolute Gasteiger partial charge is 0.259 e. The third kappa shape index (κ3) is 4.05. The number of thioether (sulfide) groups is 1. The fourth-order valence-corrected chi connectivity index (χ4v) is 4.45. The van der Waals surface area contributed by atoms with Crippen molar-refractivity contribution in [3.63, 3.8) is 0 Å². The Bertz CT molecular complexity index is 1040. The van der Waals surface area contributed by atoms with Crippen LogP contribution in [0.1, 0.15) is 15.9 Å². The Balaban J connectivity index is 1.48. The molecular formula is C24H22N2O2S. The molecule has 1 aliphatic heterocycles. The van der Waals surface area contributed by atoms with Crippen molar-refractivity contribution < 1.29 is 9.59 Å². The number of hydrogen-bond acceptors (Lipinski definition) is 3. The molecule has 0 radical (unpaired) electrons. The van der Waals surface area contributed by atoms with Crippen molar-refractivity contribution in [3.05, 3.63) is 90.0 Å². The molecule has 0 aromatic heterocycles. The summed E-state index contributed by atoms with van der Waals surface area (Å²) in [7, 11) is 1.77. The van der Waals surface area contributed by atoms with Gasteiger partial charge in [0.2, 0.25) is 5.91 Å². The molecule has 5 heteroatoms. The van der Waals surface area contributed by atoms with Gasteiger partial charge in [-0.15, -0.1) is 11.8 Å². The third-order valence-electron chi connectivity index (χ3n) is 5.10. The Morgan fingerprint density at radius 2 is 1.62 bits per heavy atom. The fourth-order valence-electron chi connectivity index (χ4n) is 3.53. The van der Waals surface area contributed by atoms with E-state index in [0.717, 1.165) is 29.2 Å². The Morgan fingerprint density at radius 3 is 2.45 bits per heavy atom. The van der Waals surface area contributed by atoms with Gasteiger partial charge in [0.25, 0.3) is 5.91 Å². The lowest BCUT2D eigenvalue weighted by Gasteiger charge is -2.20. The molecule has 0 bridgehead atoms. The van der Waals surface area contributed by atoms with Gasteiger partial charge in [0, 0.05) is 29.9 Å². The zero-order chi connectivity index (χ0) is 20.2. The minimum atomic E-state index is -0.0849. The first kappa shape index (κ1) is 19.3. The highest BCUT2D eigenvalue weighted by Crippen LogP contribution is 2.30. The van der Waals surface area contributed by atoms with Crippen molar-refractivity contribution in [2.45, 2.75) is 11.3 Å². The number of anilines is 2. The second-order valence-corrected chi connectivity index (χ2v) is 7.93. The molecule has 0 saturated heterocycles. The molecular weight excluding hydrogens is 380 g/mol. The Kier molecular flexibility index (Phi) is 5.67. The first-order chi connectivity index (χ1) is 14.1. The molecule has 4 nitrogen and oxygen atoms in total. The lowest BCUT2D eigenvalue weighted by molar-refractivity contribution is -0.116. The Morgan fingerprint density at radius 1 is 0.931 bits per heavy atom. The zero-order valence-electron chi connectivity index (χ0n) is 16.2. The molecule has 146 valence electrons. The van der Waals surface area contributed by atoms with Gasteiger partial charge in [-0.3, -0.25) is 9.59 Å². The number of fused-ring (bicyclic) bond motifs is 1. The second kappa shape index (κ2) is 8.53. The van der Waals surface area contributed by atoms with E-state index >= 15 is 0 Å². The average molecular weight is 403 g/mol. The van der Waals surface area contributed by atoms with E-state index in [4.69, 9.17) is 0 Å². The third-order valence-corrected chi connectivity index (χ3v) is 6.16. The van der Waals surface area contributed by atoms with Crippen molar-refractivity contribution in [3.8, 4) is 0 Å². The normalized spacial score (nSPS) is 12.5. The number of benzene rings is 3. The summed E-state index contributed by atoms with van der Waals surface area (Å²) in [6.07, 6.45) is 0.892. The number of carbonyl (C=O) groups excluding carboxylic acids is 2. The van der Waals surface area contributed by atoms with Gasteiger partial charge in [0.15, 0.2) is 0 Å². The molecule has 3 aromatic carbocycles. The van der Waals surface area contributed by atoms with E-state index < -0.39 is 0 Å². The predicted molar refractivity (Wildman–Crippen MR) is 119 cm³/mol. The molecule has 0 saturated carbocycles. The summed E-state index contributed by atoms with van der Waals surface area (Å²) < 4.78 is 0. The van der Waals surface area contributed by atoms with E-state index in [1.807, 2.05) is 77.7 Å². The molecule has 0 spiro atoms. The molecule has 4 rings (SSSR count). The van der Waals surface area contributed by atoms with Crippen molar-refractivity contribution in [1.29, 1.82) is 0 Å². The molecule has 3 aromatic rings. The van der Waals surface area contributed by atoms with Gasteiger partial charge >= 0.3 is 0 Å². The number of hydrogen-bond donors (Lipinski definition) is 0. The van der Waals surface area contributed by atoms with Crippen LogP contribution in [0.2, 0.25) is 0 Å². The lowest BCUT2D eigenvalue weighted by Crippen LogP contribution is -2.30. The van der Waals surface area contributed by atoms with E-state index in [1.54, 1.807) is 11.9 Å². The van der Waals surface area contributed by atoms with E-state index in [-0.39, 0.29) is 11.8 Å². The van der Waals surface area contributed by atoms with Crippen LogP contribution in [0.4, 0.5) is 11.4 Å². The minimum absolute atomic E-state index is 0.0682. The summed E-state index contributed by atoms with van der Waals surface area (Å²) in [5, 5.41) is 0. The van der Waals surface area contributed by atoms with Gasteiger partial charge in [-0.25, -0.2) is 0 Å². The zero-order valence-corrected chi connectivity index (χ0v) is 17.1. The summed E-state index contributed by atoms with van der Waals surface area (Å²) in [5.74, 6) is 0.283. The van der Waals surface area contributed by atoms with Crippen molar-refractivity contribution in [1.82, 2.24) is 0 Å². The summed E-state index contributed by atoms with van der Waals surface area (Å²) in [5.41, 5.74) is 3.66. The largest absolute Gasteiger partial charge is 0.311 e. The summed E-state index contributed by atoms with van der Waals surface area (Å²) in [6, 6.07) is 25.1. The highest BCUT2D eigenvalue weighted by molar-refractivity contribution is 8.00. The monoisotopic (exact) mass is 402 g/mol. The second-order valence-electron chi connectivity index (χ2n) is 6.91. The number of carbonyl (C=O) groups is 2. The van der Waals surface area contributed by atoms with Gasteiger partial charge in [-0.1, -0.05) is 48.5 Å². The van der Waals surface area contributed by atoms with Crippen LogP contribution in [-0.2, 0) is 11.2 Å². The predicted octanol–water partition coefficient (Wildman–Crippen LogP) is 4.64. The first-order valence-electron chi connectivity index (χ1n) is 9.58. The van der Waals surface area contributed by atoms with Crippen LogP contribution in [0.15, 0.2) is 83.8 Å². The topological polar surface area (TPSA) is 40.6 Å². The molecule has 1 heterocycles. The average Bonchev–Trinajstić information content (AvgIpc) is 3.21. The Labute approximate surface area is 175 Å². The van der Waals surface area contributed by atoms with Crippen LogP contribution in [0.25, 0.3) is 0 Å². The van der Waals surface area contributed by atoms with E-state index in [0.29, 0.717) is 11.3 Å². The molecule has 2 amide bonds. The summed E-state index contributed by atoms with van der Waals surface area (Å²) >= 11 is 1.42. The van der Waals surface area contributed by atoms with Gasteiger partial charge in [-0.2, -0.15) is 0 Å². The number of rotatable bonds is 5. The number of nitrogens with zero attached hydrogens (tertiary/aromatic N) is 2. The molecule has 0 N–H and O–H groups in total. The molecule has 0 fully saturated rings. The molecule has 1 aliphatic rings. The van der Waals surface area contributed by atoms with Gasteiger partial charge < -0.3 is 9.80 Å². The van der Waals surface area contributed by atoms with E-state index in [1.165, 1.54) is 17.3 Å². The van der Waals surface area contributed by atoms with Crippen molar-refractivity contribution in [2.24, 2.45) is 0 Å². The highest BCUT2D eigenvalue weighted by atomic mass is 32.2. The van der Waals surface area contributed by atoms with Crippen LogP contribution >= 0.6 is 11.8 Å². The first-order valence-corrected chi connectivity index (χ1v) is 10.6. The number of para-hydroxylation sites is 2. The van der Waals surface area contributed by atoms with Gasteiger partial charge in [0.1, 0.15) is 0 Å². The van der Waals surface area contributed by atoms with Crippen LogP contribution in [0.5, 0.6) is 0 Å². The van der Waals surface area contributed by atoms with Gasteiger partial charge in [-0.05, 0) is 42.3 Å². The quantitative estimate of drug-likeness (QED) is 0.584. The number of amides is 2. The maximum absolute atomic E-state index is 13.0. The van der Waals surface area contributed by atoms with E-state index in [2.05, 4.69) is 6.07 Å². The maximum Gasteiger partial charge on any atom is 0.259 e.